The van der Waals surface area contributed by atoms with Crippen molar-refractivity contribution in [1.82, 2.24) is 9.80 Å². The van der Waals surface area contributed by atoms with Crippen LogP contribution in [-0.2, 0) is 0 Å². The van der Waals surface area contributed by atoms with E-state index in [-0.39, 0.29) is 32.1 Å². The van der Waals surface area contributed by atoms with Gasteiger partial charge in [0.25, 0.3) is 16.6 Å². The van der Waals surface area contributed by atoms with Crippen LogP contribution < -0.4 is 14.2 Å². The summed E-state index contributed by atoms with van der Waals surface area (Å²) in [6, 6.07) is 7.77. The minimum Gasteiger partial charge on any atom is -0.617 e. The average Bonchev–Trinajstić information content (AvgIpc) is 2.67. The molecule has 0 radical (unpaired) electrons. The molecule has 4 rings (SSSR count). The van der Waals surface area contributed by atoms with Crippen LogP contribution in [0.5, 0.6) is 5.75 Å². The Kier molecular flexibility index (Phi) is 4.86. The van der Waals surface area contributed by atoms with E-state index in [1.807, 2.05) is 0 Å². The molecule has 0 amide bonds. The first-order valence-electron chi connectivity index (χ1n) is 8.56. The zero-order valence-corrected chi connectivity index (χ0v) is 16.2. The van der Waals surface area contributed by atoms with Gasteiger partial charge in [0.2, 0.25) is 5.75 Å². The molecule has 0 saturated carbocycles. The van der Waals surface area contributed by atoms with Crippen LogP contribution in [0.4, 0.5) is 0 Å². The van der Waals surface area contributed by atoms with E-state index >= 15 is 0 Å². The van der Waals surface area contributed by atoms with Crippen LogP contribution in [0.3, 0.4) is 0 Å². The molecule has 0 spiro atoms. The van der Waals surface area contributed by atoms with E-state index in [1.54, 1.807) is 18.2 Å². The fourth-order valence-electron chi connectivity index (χ4n) is 3.23. The van der Waals surface area contributed by atoms with Crippen LogP contribution in [0.15, 0.2) is 30.3 Å². The first-order chi connectivity index (χ1) is 13.0. The van der Waals surface area contributed by atoms with Gasteiger partial charge in [-0.05, 0) is 13.1 Å². The molecular formula is C18H18Cl2N4O3. The fraction of sp³-hybridized carbons (Fsp3) is 0.333. The van der Waals surface area contributed by atoms with Crippen molar-refractivity contribution >= 4 is 45.3 Å². The van der Waals surface area contributed by atoms with Crippen molar-refractivity contribution in [1.29, 1.82) is 0 Å². The summed E-state index contributed by atoms with van der Waals surface area (Å²) >= 11 is 12.1. The summed E-state index contributed by atoms with van der Waals surface area (Å²) in [6.07, 6.45) is 0. The lowest BCUT2D eigenvalue weighted by molar-refractivity contribution is -0.591. The summed E-state index contributed by atoms with van der Waals surface area (Å²) < 4.78 is 7.27. The first-order valence-corrected chi connectivity index (χ1v) is 9.31. The molecule has 2 heterocycles. The largest absolute Gasteiger partial charge is 0.617 e. The van der Waals surface area contributed by atoms with Gasteiger partial charge in [0.1, 0.15) is 6.73 Å². The summed E-state index contributed by atoms with van der Waals surface area (Å²) in [5, 5.41) is 26.2. The minimum absolute atomic E-state index is 0.141. The molecule has 1 saturated heterocycles. The third-order valence-corrected chi connectivity index (χ3v) is 5.58. The lowest BCUT2D eigenvalue weighted by atomic mass is 10.2. The summed E-state index contributed by atoms with van der Waals surface area (Å²) in [4.78, 5) is 4.41. The second-order valence-electron chi connectivity index (χ2n) is 6.66. The summed E-state index contributed by atoms with van der Waals surface area (Å²) in [5.74, 6) is 0.360. The molecule has 0 aliphatic carbocycles. The van der Waals surface area contributed by atoms with Gasteiger partial charge in [-0.15, -0.1) is 0 Å². The lowest BCUT2D eigenvalue weighted by Crippen LogP contribution is -2.46. The molecule has 1 aliphatic rings. The summed E-state index contributed by atoms with van der Waals surface area (Å²) in [7, 11) is 2.08. The van der Waals surface area contributed by atoms with Gasteiger partial charge in [0, 0.05) is 44.4 Å². The molecule has 1 fully saturated rings. The molecule has 0 unspecified atom stereocenters. The lowest BCUT2D eigenvalue weighted by Gasteiger charge is -2.31. The Morgan fingerprint density at radius 2 is 1.59 bits per heavy atom. The van der Waals surface area contributed by atoms with Gasteiger partial charge in [-0.25, -0.2) is 0 Å². The quantitative estimate of drug-likeness (QED) is 0.377. The number of aromatic nitrogens is 2. The number of halogens is 2. The molecule has 2 aromatic carbocycles. The van der Waals surface area contributed by atoms with Gasteiger partial charge in [-0.1, -0.05) is 29.3 Å². The molecule has 0 N–H and O–H groups in total. The van der Waals surface area contributed by atoms with Crippen LogP contribution in [0.1, 0.15) is 0 Å². The number of benzene rings is 2. The van der Waals surface area contributed by atoms with Gasteiger partial charge in [0.05, 0.1) is 10.0 Å². The normalized spacial score (nSPS) is 16.3. The Morgan fingerprint density at radius 3 is 2.26 bits per heavy atom. The molecular weight excluding hydrogens is 391 g/mol. The minimum atomic E-state index is 0.141. The molecule has 27 heavy (non-hydrogen) atoms. The van der Waals surface area contributed by atoms with E-state index in [4.69, 9.17) is 27.9 Å². The monoisotopic (exact) mass is 408 g/mol. The number of piperazine rings is 1. The zero-order chi connectivity index (χ0) is 19.1. The van der Waals surface area contributed by atoms with Crippen LogP contribution >= 0.6 is 23.2 Å². The third kappa shape index (κ3) is 3.32. The van der Waals surface area contributed by atoms with Crippen LogP contribution in [-0.4, -0.2) is 49.8 Å². The van der Waals surface area contributed by atoms with Crippen molar-refractivity contribution in [2.24, 2.45) is 0 Å². The van der Waals surface area contributed by atoms with Crippen molar-refractivity contribution in [3.05, 3.63) is 50.8 Å². The maximum absolute atomic E-state index is 13.0. The van der Waals surface area contributed by atoms with E-state index in [0.717, 1.165) is 26.2 Å². The van der Waals surface area contributed by atoms with E-state index in [1.165, 1.54) is 12.1 Å². The molecule has 1 aliphatic heterocycles. The van der Waals surface area contributed by atoms with Crippen molar-refractivity contribution in [3.63, 3.8) is 0 Å². The van der Waals surface area contributed by atoms with Crippen molar-refractivity contribution in [3.8, 4) is 5.75 Å². The number of hydrogen-bond acceptors (Lipinski definition) is 5. The molecule has 0 atom stereocenters. The molecule has 0 bridgehead atoms. The van der Waals surface area contributed by atoms with E-state index < -0.39 is 0 Å². The second-order valence-corrected chi connectivity index (χ2v) is 7.48. The predicted octanol–water partition coefficient (Wildman–Crippen LogP) is 2.15. The Morgan fingerprint density at radius 1 is 0.963 bits per heavy atom. The van der Waals surface area contributed by atoms with Crippen LogP contribution in [0, 0.1) is 10.4 Å². The standard InChI is InChI=1S/C18H18Cl2N4O3/c1-21-5-7-22(8-6-21)11-27-17-4-2-3-14-18(17)24(26)16-10-13(20)12(19)9-15(16)23(14)25/h2-4,9-10H,5-8,11H2,1H3. The van der Waals surface area contributed by atoms with Gasteiger partial charge in [-0.2, -0.15) is 9.46 Å². The summed E-state index contributed by atoms with van der Waals surface area (Å²) in [5.41, 5.74) is 0.685. The molecule has 9 heteroatoms. The number of para-hydroxylation sites is 1. The highest BCUT2D eigenvalue weighted by atomic mass is 35.5. The molecule has 3 aromatic rings. The van der Waals surface area contributed by atoms with E-state index in [0.29, 0.717) is 21.9 Å². The van der Waals surface area contributed by atoms with Crippen molar-refractivity contribution in [2.45, 2.75) is 0 Å². The highest BCUT2D eigenvalue weighted by molar-refractivity contribution is 6.42. The highest BCUT2D eigenvalue weighted by Gasteiger charge is 2.26. The number of fused-ring (bicyclic) bond motifs is 2. The topological polar surface area (TPSA) is 69.6 Å². The van der Waals surface area contributed by atoms with Crippen molar-refractivity contribution < 1.29 is 14.2 Å². The number of hydrogen-bond donors (Lipinski definition) is 0. The Balaban J connectivity index is 1.77. The predicted molar refractivity (Wildman–Crippen MR) is 104 cm³/mol. The van der Waals surface area contributed by atoms with E-state index in [2.05, 4.69) is 16.8 Å². The third-order valence-electron chi connectivity index (χ3n) is 4.85. The fourth-order valence-corrected chi connectivity index (χ4v) is 3.55. The Labute approximate surface area is 166 Å². The summed E-state index contributed by atoms with van der Waals surface area (Å²) in [6.45, 7) is 4.05. The number of likely N-dealkylation sites (N-methyl/N-ethyl adjacent to an activating group) is 1. The van der Waals surface area contributed by atoms with Gasteiger partial charge in [0.15, 0.2) is 0 Å². The Hall–Kier alpha value is -2.06. The maximum atomic E-state index is 13.0. The maximum Gasteiger partial charge on any atom is 0.332 e. The zero-order valence-electron chi connectivity index (χ0n) is 14.7. The van der Waals surface area contributed by atoms with Crippen LogP contribution in [0.25, 0.3) is 22.1 Å². The van der Waals surface area contributed by atoms with Gasteiger partial charge in [-0.3, -0.25) is 4.90 Å². The number of rotatable bonds is 3. The SMILES string of the molecule is CN1CCN(COc2cccc3c2[n+]([O-])c2cc(Cl)c(Cl)cc2[n+]3[O-])CC1. The average molecular weight is 409 g/mol. The smallest absolute Gasteiger partial charge is 0.332 e. The van der Waals surface area contributed by atoms with Gasteiger partial charge < -0.3 is 20.1 Å². The van der Waals surface area contributed by atoms with Crippen LogP contribution in [0.2, 0.25) is 10.0 Å². The number of ether oxygens (including phenoxy) is 1. The molecule has 7 nitrogen and oxygen atoms in total. The number of nitrogens with zero attached hydrogens (tertiary/aromatic N) is 4. The molecule has 142 valence electrons. The highest BCUT2D eigenvalue weighted by Crippen LogP contribution is 2.28. The second kappa shape index (κ2) is 7.16. The first kappa shape index (κ1) is 18.3. The Bertz CT molecular complexity index is 1020. The molecule has 1 aromatic heterocycles. The van der Waals surface area contributed by atoms with Gasteiger partial charge >= 0.3 is 5.52 Å². The van der Waals surface area contributed by atoms with Crippen molar-refractivity contribution in [2.75, 3.05) is 40.0 Å². The van der Waals surface area contributed by atoms with E-state index in [9.17, 15) is 10.4 Å².